The van der Waals surface area contributed by atoms with Crippen LogP contribution >= 0.6 is 11.3 Å². The second-order valence-corrected chi connectivity index (χ2v) is 8.76. The molecule has 1 aliphatic rings. The van der Waals surface area contributed by atoms with Crippen LogP contribution in [0.1, 0.15) is 48.9 Å². The highest BCUT2D eigenvalue weighted by Crippen LogP contribution is 2.23. The highest BCUT2D eigenvalue weighted by atomic mass is 32.1. The summed E-state index contributed by atoms with van der Waals surface area (Å²) in [6.07, 6.45) is 0.918. The first kappa shape index (κ1) is 24.0. The molecular formula is C24H23N5O5S. The predicted molar refractivity (Wildman–Crippen MR) is 129 cm³/mol. The molecule has 0 radical (unpaired) electrons. The van der Waals surface area contributed by atoms with Crippen molar-refractivity contribution in [2.75, 3.05) is 25.5 Å². The van der Waals surface area contributed by atoms with E-state index in [-0.39, 0.29) is 36.6 Å². The molecule has 2 aromatic carbocycles. The lowest BCUT2D eigenvalue weighted by Crippen LogP contribution is -2.31. The van der Waals surface area contributed by atoms with Gasteiger partial charge in [-0.05, 0) is 36.8 Å². The topological polar surface area (TPSA) is 131 Å². The van der Waals surface area contributed by atoms with Crippen molar-refractivity contribution in [1.82, 2.24) is 20.4 Å². The first-order chi connectivity index (χ1) is 17.0. The van der Waals surface area contributed by atoms with Crippen LogP contribution in [0.15, 0.2) is 48.5 Å². The molecule has 3 aromatic rings. The van der Waals surface area contributed by atoms with Gasteiger partial charge in [-0.2, -0.15) is 0 Å². The average molecular weight is 494 g/mol. The van der Waals surface area contributed by atoms with Crippen molar-refractivity contribution in [3.63, 3.8) is 0 Å². The van der Waals surface area contributed by atoms with Crippen LogP contribution in [0.4, 0.5) is 5.13 Å². The minimum absolute atomic E-state index is 0.124. The van der Waals surface area contributed by atoms with E-state index in [4.69, 9.17) is 4.74 Å². The normalized spacial score (nSPS) is 12.4. The second-order valence-electron chi connectivity index (χ2n) is 7.70. The number of ether oxygens (including phenoxy) is 1. The molecule has 2 N–H and O–H groups in total. The lowest BCUT2D eigenvalue weighted by Gasteiger charge is -2.13. The molecule has 4 rings (SSSR count). The van der Waals surface area contributed by atoms with Gasteiger partial charge in [0.25, 0.3) is 17.7 Å². The summed E-state index contributed by atoms with van der Waals surface area (Å²) in [5.41, 5.74) is 1.28. The summed E-state index contributed by atoms with van der Waals surface area (Å²) in [4.78, 5) is 50.4. The van der Waals surface area contributed by atoms with E-state index < -0.39 is 0 Å². The third-order valence-corrected chi connectivity index (χ3v) is 6.23. The number of nitrogens with one attached hydrogen (secondary N) is 2. The Bertz CT molecular complexity index is 1240. The molecule has 1 aliphatic heterocycles. The number of hydrogen-bond acceptors (Lipinski definition) is 8. The molecule has 35 heavy (non-hydrogen) atoms. The van der Waals surface area contributed by atoms with E-state index in [9.17, 15) is 19.2 Å². The fourth-order valence-electron chi connectivity index (χ4n) is 3.58. The molecule has 10 nitrogen and oxygen atoms in total. The van der Waals surface area contributed by atoms with Crippen LogP contribution in [0.3, 0.4) is 0 Å². The Balaban J connectivity index is 1.18. The van der Waals surface area contributed by atoms with Crippen molar-refractivity contribution in [2.45, 2.75) is 19.3 Å². The van der Waals surface area contributed by atoms with Gasteiger partial charge in [0.1, 0.15) is 10.8 Å². The number of amides is 4. The van der Waals surface area contributed by atoms with Crippen LogP contribution in [-0.4, -0.2) is 58.9 Å². The first-order valence-corrected chi connectivity index (χ1v) is 11.8. The Kier molecular flexibility index (Phi) is 7.46. The van der Waals surface area contributed by atoms with Crippen molar-refractivity contribution in [1.29, 1.82) is 0 Å². The number of anilines is 1. The summed E-state index contributed by atoms with van der Waals surface area (Å²) in [5, 5.41) is 14.5. The van der Waals surface area contributed by atoms with Crippen molar-refractivity contribution >= 4 is 40.1 Å². The van der Waals surface area contributed by atoms with Crippen LogP contribution < -0.4 is 15.4 Å². The van der Waals surface area contributed by atoms with Crippen molar-refractivity contribution < 1.29 is 23.9 Å². The second kappa shape index (κ2) is 10.9. The van der Waals surface area contributed by atoms with E-state index in [1.54, 1.807) is 48.5 Å². The third kappa shape index (κ3) is 5.69. The molecule has 0 fully saturated rings. The molecule has 11 heteroatoms. The number of hydrogen-bond donors (Lipinski definition) is 2. The number of nitrogens with zero attached hydrogens (tertiary/aromatic N) is 3. The maximum atomic E-state index is 12.4. The van der Waals surface area contributed by atoms with Crippen molar-refractivity contribution in [3.8, 4) is 5.75 Å². The number of rotatable bonds is 10. The molecule has 180 valence electrons. The number of imide groups is 1. The highest BCUT2D eigenvalue weighted by molar-refractivity contribution is 7.15. The zero-order chi connectivity index (χ0) is 24.8. The molecule has 1 aromatic heterocycles. The fourth-order valence-corrected chi connectivity index (χ4v) is 4.33. The number of benzene rings is 2. The quantitative estimate of drug-likeness (QED) is 0.415. The molecular weight excluding hydrogens is 470 g/mol. The van der Waals surface area contributed by atoms with Crippen molar-refractivity contribution in [3.05, 3.63) is 70.2 Å². The Morgan fingerprint density at radius 3 is 2.49 bits per heavy atom. The van der Waals surface area contributed by atoms with Gasteiger partial charge in [0.05, 0.1) is 18.2 Å². The molecule has 0 saturated heterocycles. The van der Waals surface area contributed by atoms with Crippen molar-refractivity contribution in [2.24, 2.45) is 0 Å². The van der Waals surface area contributed by atoms with E-state index in [1.807, 2.05) is 0 Å². The van der Waals surface area contributed by atoms with E-state index in [0.29, 0.717) is 52.0 Å². The van der Waals surface area contributed by atoms with Crippen LogP contribution in [0.5, 0.6) is 5.75 Å². The Morgan fingerprint density at radius 2 is 1.77 bits per heavy atom. The zero-order valence-electron chi connectivity index (χ0n) is 18.9. The van der Waals surface area contributed by atoms with Gasteiger partial charge in [-0.25, -0.2) is 0 Å². The molecule has 4 amide bonds. The fraction of sp³-hybridized carbons (Fsp3) is 0.250. The maximum absolute atomic E-state index is 12.4. The summed E-state index contributed by atoms with van der Waals surface area (Å²) in [6, 6.07) is 13.5. The number of carbonyl (C=O) groups is 4. The SMILES string of the molecule is COc1cccc(C(=O)NCCc2nnc(NC(=O)CCCN3C(=O)c4ccccc4C3=O)s2)c1. The molecule has 0 atom stereocenters. The predicted octanol–water partition coefficient (Wildman–Crippen LogP) is 2.53. The number of carbonyl (C=O) groups excluding carboxylic acids is 4. The lowest BCUT2D eigenvalue weighted by atomic mass is 10.1. The molecule has 0 unspecified atom stereocenters. The Labute approximate surface area is 205 Å². The van der Waals surface area contributed by atoms with Gasteiger partial charge in [0.2, 0.25) is 11.0 Å². The lowest BCUT2D eigenvalue weighted by molar-refractivity contribution is -0.116. The van der Waals surface area contributed by atoms with Crippen LogP contribution in [-0.2, 0) is 11.2 Å². The average Bonchev–Trinajstić information content (AvgIpc) is 3.41. The maximum Gasteiger partial charge on any atom is 0.261 e. The molecule has 2 heterocycles. The summed E-state index contributed by atoms with van der Waals surface area (Å²) >= 11 is 1.22. The monoisotopic (exact) mass is 493 g/mol. The minimum Gasteiger partial charge on any atom is -0.497 e. The van der Waals surface area contributed by atoms with Gasteiger partial charge in [-0.3, -0.25) is 24.1 Å². The highest BCUT2D eigenvalue weighted by Gasteiger charge is 2.34. The summed E-state index contributed by atoms with van der Waals surface area (Å²) < 4.78 is 5.12. The largest absolute Gasteiger partial charge is 0.497 e. The summed E-state index contributed by atoms with van der Waals surface area (Å²) in [6.45, 7) is 0.521. The van der Waals surface area contributed by atoms with E-state index in [0.717, 1.165) is 0 Å². The molecule has 0 aliphatic carbocycles. The zero-order valence-corrected chi connectivity index (χ0v) is 19.8. The standard InChI is InChI=1S/C24H23N5O5S/c1-34-16-7-4-6-15(14-16)21(31)25-12-11-20-27-28-24(35-20)26-19(30)10-5-13-29-22(32)17-8-2-3-9-18(17)23(29)33/h2-4,6-9,14H,5,10-13H2,1H3,(H,25,31)(H,26,28,30). The number of aromatic nitrogens is 2. The molecule has 0 spiro atoms. The van der Waals surface area contributed by atoms with E-state index >= 15 is 0 Å². The van der Waals surface area contributed by atoms with Gasteiger partial charge in [0.15, 0.2) is 0 Å². The van der Waals surface area contributed by atoms with Crippen LogP contribution in [0.25, 0.3) is 0 Å². The van der Waals surface area contributed by atoms with Crippen LogP contribution in [0.2, 0.25) is 0 Å². The van der Waals surface area contributed by atoms with Gasteiger partial charge < -0.3 is 15.4 Å². The Morgan fingerprint density at radius 1 is 1.03 bits per heavy atom. The van der Waals surface area contributed by atoms with E-state index in [2.05, 4.69) is 20.8 Å². The number of methoxy groups -OCH3 is 1. The third-order valence-electron chi connectivity index (χ3n) is 5.33. The van der Waals surface area contributed by atoms with Gasteiger partial charge in [-0.15, -0.1) is 10.2 Å². The Hall–Kier alpha value is -4.12. The number of fused-ring (bicyclic) bond motifs is 1. The van der Waals surface area contributed by atoms with Gasteiger partial charge in [-0.1, -0.05) is 29.5 Å². The van der Waals surface area contributed by atoms with E-state index in [1.165, 1.54) is 23.3 Å². The van der Waals surface area contributed by atoms with Crippen LogP contribution in [0, 0.1) is 0 Å². The first-order valence-electron chi connectivity index (χ1n) is 11.0. The summed E-state index contributed by atoms with van der Waals surface area (Å²) in [7, 11) is 1.54. The van der Waals surface area contributed by atoms with Gasteiger partial charge >= 0.3 is 0 Å². The molecule has 0 bridgehead atoms. The van der Waals surface area contributed by atoms with Gasteiger partial charge in [0, 0.05) is 31.5 Å². The summed E-state index contributed by atoms with van der Waals surface area (Å²) in [5.74, 6) is -0.571. The molecule has 0 saturated carbocycles. The smallest absolute Gasteiger partial charge is 0.261 e. The minimum atomic E-state index is -0.335.